The monoisotopic (exact) mass is 243 g/mol. The van der Waals surface area contributed by atoms with Crippen LogP contribution in [0.5, 0.6) is 0 Å². The molecule has 1 aromatic carbocycles. The van der Waals surface area contributed by atoms with E-state index in [9.17, 15) is 9.50 Å². The van der Waals surface area contributed by atoms with Crippen molar-refractivity contribution in [3.05, 3.63) is 29.0 Å². The minimum atomic E-state index is -0.429. The highest BCUT2D eigenvalue weighted by molar-refractivity contribution is 6.31. The molecule has 0 heterocycles. The van der Waals surface area contributed by atoms with Gasteiger partial charge in [-0.3, -0.25) is 0 Å². The van der Waals surface area contributed by atoms with E-state index in [2.05, 4.69) is 5.32 Å². The summed E-state index contributed by atoms with van der Waals surface area (Å²) < 4.78 is 13.6. The molecular formula is C12H15ClFNO. The molecule has 0 aliphatic heterocycles. The summed E-state index contributed by atoms with van der Waals surface area (Å²) in [6.45, 7) is 3.92. The van der Waals surface area contributed by atoms with Gasteiger partial charge in [-0.1, -0.05) is 31.5 Å². The van der Waals surface area contributed by atoms with Crippen LogP contribution in [0.15, 0.2) is 18.2 Å². The molecule has 0 bridgehead atoms. The molecule has 1 aromatic rings. The quantitative estimate of drug-likeness (QED) is 0.837. The van der Waals surface area contributed by atoms with E-state index in [0.29, 0.717) is 12.1 Å². The van der Waals surface area contributed by atoms with Crippen molar-refractivity contribution < 1.29 is 9.50 Å². The van der Waals surface area contributed by atoms with E-state index in [1.54, 1.807) is 12.1 Å². The van der Waals surface area contributed by atoms with E-state index in [1.165, 1.54) is 6.07 Å². The van der Waals surface area contributed by atoms with E-state index in [0.717, 1.165) is 0 Å². The average molecular weight is 244 g/mol. The Morgan fingerprint density at radius 2 is 2.19 bits per heavy atom. The maximum atomic E-state index is 13.6. The van der Waals surface area contributed by atoms with Crippen molar-refractivity contribution in [2.45, 2.75) is 32.4 Å². The Bertz CT molecular complexity index is 408. The Morgan fingerprint density at radius 3 is 2.75 bits per heavy atom. The molecule has 2 atom stereocenters. The van der Waals surface area contributed by atoms with Crippen LogP contribution in [0.25, 0.3) is 0 Å². The first kappa shape index (κ1) is 11.7. The van der Waals surface area contributed by atoms with Crippen LogP contribution in [0.3, 0.4) is 0 Å². The first-order valence-corrected chi connectivity index (χ1v) is 5.69. The van der Waals surface area contributed by atoms with Crippen LogP contribution in [-0.2, 0) is 0 Å². The third kappa shape index (κ3) is 1.78. The lowest BCUT2D eigenvalue weighted by Gasteiger charge is -2.49. The molecule has 1 aliphatic carbocycles. The second-order valence-electron chi connectivity index (χ2n) is 4.87. The summed E-state index contributed by atoms with van der Waals surface area (Å²) in [6, 6.07) is 4.95. The third-order valence-corrected chi connectivity index (χ3v) is 3.79. The van der Waals surface area contributed by atoms with Crippen molar-refractivity contribution in [3.8, 4) is 0 Å². The normalized spacial score (nSPS) is 27.3. The van der Waals surface area contributed by atoms with Gasteiger partial charge < -0.3 is 10.4 Å². The van der Waals surface area contributed by atoms with Crippen molar-refractivity contribution >= 4 is 17.3 Å². The van der Waals surface area contributed by atoms with Gasteiger partial charge in [0.15, 0.2) is 5.82 Å². The van der Waals surface area contributed by atoms with Crippen molar-refractivity contribution in [1.82, 2.24) is 0 Å². The first-order valence-electron chi connectivity index (χ1n) is 5.31. The zero-order valence-electron chi connectivity index (χ0n) is 9.30. The standard InChI is InChI=1S/C12H15ClFNO/c1-12(2)9(6-10(12)16)15-8-5-3-4-7(13)11(8)14/h3-5,9-10,15-16H,6H2,1-2H3. The number of aliphatic hydroxyl groups is 1. The average Bonchev–Trinajstić information content (AvgIpc) is 2.24. The van der Waals surface area contributed by atoms with E-state index in [-0.39, 0.29) is 22.6 Å². The molecule has 0 radical (unpaired) electrons. The van der Waals surface area contributed by atoms with Gasteiger partial charge in [0.2, 0.25) is 0 Å². The molecule has 1 aliphatic rings. The summed E-state index contributed by atoms with van der Waals surface area (Å²) in [7, 11) is 0. The second kappa shape index (κ2) is 3.90. The van der Waals surface area contributed by atoms with Crippen molar-refractivity contribution in [2.75, 3.05) is 5.32 Å². The Balaban J connectivity index is 2.14. The van der Waals surface area contributed by atoms with E-state index < -0.39 is 5.82 Å². The lowest BCUT2D eigenvalue weighted by Crippen LogP contribution is -2.57. The molecule has 2 unspecified atom stereocenters. The fourth-order valence-corrected chi connectivity index (χ4v) is 2.12. The number of aliphatic hydroxyl groups excluding tert-OH is 1. The topological polar surface area (TPSA) is 32.3 Å². The van der Waals surface area contributed by atoms with Crippen LogP contribution >= 0.6 is 11.6 Å². The van der Waals surface area contributed by atoms with E-state index in [4.69, 9.17) is 11.6 Å². The molecule has 2 nitrogen and oxygen atoms in total. The molecule has 2 N–H and O–H groups in total. The molecule has 0 spiro atoms. The smallest absolute Gasteiger partial charge is 0.164 e. The Hall–Kier alpha value is -0.800. The summed E-state index contributed by atoms with van der Waals surface area (Å²) in [4.78, 5) is 0. The lowest BCUT2D eigenvalue weighted by atomic mass is 9.64. The summed E-state index contributed by atoms with van der Waals surface area (Å²) in [5.74, 6) is -0.429. The second-order valence-corrected chi connectivity index (χ2v) is 5.28. The van der Waals surface area contributed by atoms with Gasteiger partial charge in [0, 0.05) is 11.5 Å². The third-order valence-electron chi connectivity index (χ3n) is 3.50. The number of hydrogen-bond acceptors (Lipinski definition) is 2. The molecule has 1 fully saturated rings. The summed E-state index contributed by atoms with van der Waals surface area (Å²) in [6.07, 6.45) is 0.311. The molecule has 0 amide bonds. The maximum Gasteiger partial charge on any atom is 0.164 e. The Morgan fingerprint density at radius 1 is 1.50 bits per heavy atom. The van der Waals surface area contributed by atoms with E-state index in [1.807, 2.05) is 13.8 Å². The number of hydrogen-bond donors (Lipinski definition) is 2. The van der Waals surface area contributed by atoms with Crippen LogP contribution in [0.2, 0.25) is 5.02 Å². The van der Waals surface area contributed by atoms with Crippen LogP contribution < -0.4 is 5.32 Å². The van der Waals surface area contributed by atoms with Gasteiger partial charge in [0.25, 0.3) is 0 Å². The highest BCUT2D eigenvalue weighted by atomic mass is 35.5. The highest BCUT2D eigenvalue weighted by Crippen LogP contribution is 2.42. The van der Waals surface area contributed by atoms with Crippen LogP contribution in [-0.4, -0.2) is 17.3 Å². The minimum absolute atomic E-state index is 0.0791. The molecule has 0 saturated heterocycles. The molecule has 16 heavy (non-hydrogen) atoms. The first-order chi connectivity index (χ1) is 7.43. The predicted octanol–water partition coefficient (Wildman–Crippen LogP) is 3.05. The Kier molecular flexibility index (Phi) is 2.84. The van der Waals surface area contributed by atoms with Gasteiger partial charge in [-0.05, 0) is 18.6 Å². The van der Waals surface area contributed by atoms with Crippen LogP contribution in [0.4, 0.5) is 10.1 Å². The van der Waals surface area contributed by atoms with E-state index >= 15 is 0 Å². The SMILES string of the molecule is CC1(C)C(O)CC1Nc1cccc(Cl)c1F. The number of anilines is 1. The van der Waals surface area contributed by atoms with Gasteiger partial charge in [-0.2, -0.15) is 0 Å². The molecular weight excluding hydrogens is 229 g/mol. The van der Waals surface area contributed by atoms with Gasteiger partial charge >= 0.3 is 0 Å². The van der Waals surface area contributed by atoms with Crippen molar-refractivity contribution in [1.29, 1.82) is 0 Å². The largest absolute Gasteiger partial charge is 0.392 e. The number of nitrogens with one attached hydrogen (secondary N) is 1. The molecule has 2 rings (SSSR count). The van der Waals surface area contributed by atoms with Crippen LogP contribution in [0.1, 0.15) is 20.3 Å². The number of rotatable bonds is 2. The Labute approximate surface area is 99.4 Å². The lowest BCUT2D eigenvalue weighted by molar-refractivity contribution is -0.0511. The highest BCUT2D eigenvalue weighted by Gasteiger charge is 2.47. The fraction of sp³-hybridized carbons (Fsp3) is 0.500. The molecule has 88 valence electrons. The van der Waals surface area contributed by atoms with Gasteiger partial charge in [0.1, 0.15) is 0 Å². The number of halogens is 2. The van der Waals surface area contributed by atoms with Crippen molar-refractivity contribution in [3.63, 3.8) is 0 Å². The van der Waals surface area contributed by atoms with Gasteiger partial charge in [-0.25, -0.2) is 4.39 Å². The minimum Gasteiger partial charge on any atom is -0.392 e. The zero-order chi connectivity index (χ0) is 11.9. The van der Waals surface area contributed by atoms with Gasteiger partial charge in [-0.15, -0.1) is 0 Å². The van der Waals surface area contributed by atoms with Gasteiger partial charge in [0.05, 0.1) is 16.8 Å². The molecule has 4 heteroatoms. The molecule has 1 saturated carbocycles. The predicted molar refractivity (Wildman–Crippen MR) is 63.2 cm³/mol. The maximum absolute atomic E-state index is 13.6. The summed E-state index contributed by atoms with van der Waals surface area (Å²) >= 11 is 5.69. The zero-order valence-corrected chi connectivity index (χ0v) is 10.1. The van der Waals surface area contributed by atoms with Crippen molar-refractivity contribution in [2.24, 2.45) is 5.41 Å². The summed E-state index contributed by atoms with van der Waals surface area (Å²) in [5.41, 5.74) is 0.173. The number of benzene rings is 1. The fourth-order valence-electron chi connectivity index (χ4n) is 1.95. The summed E-state index contributed by atoms with van der Waals surface area (Å²) in [5, 5.41) is 12.8. The van der Waals surface area contributed by atoms with Crippen LogP contribution in [0, 0.1) is 11.2 Å². The molecule has 0 aromatic heterocycles.